The van der Waals surface area contributed by atoms with Crippen molar-refractivity contribution in [3.05, 3.63) is 70.5 Å². The lowest BCUT2D eigenvalue weighted by molar-refractivity contribution is 0.341. The first-order chi connectivity index (χ1) is 12.7. The number of aromatic amines is 1. The number of nitrogens with zero attached hydrogens (tertiary/aromatic N) is 1. The maximum Gasteiger partial charge on any atom is 0.266 e. The van der Waals surface area contributed by atoms with Gasteiger partial charge in [0.2, 0.25) is 0 Å². The van der Waals surface area contributed by atoms with Crippen LogP contribution in [0.2, 0.25) is 0 Å². The normalized spacial score (nSPS) is 10.2. The molecule has 0 spiro atoms. The fourth-order valence-corrected chi connectivity index (χ4v) is 2.80. The van der Waals surface area contributed by atoms with Gasteiger partial charge in [-0.1, -0.05) is 30.3 Å². The first-order valence-corrected chi connectivity index (χ1v) is 8.22. The highest BCUT2D eigenvalue weighted by molar-refractivity contribution is 5.79. The molecular formula is C21H18N2O3. The van der Waals surface area contributed by atoms with E-state index in [9.17, 15) is 10.1 Å². The Balaban J connectivity index is 2.24. The summed E-state index contributed by atoms with van der Waals surface area (Å²) >= 11 is 0. The van der Waals surface area contributed by atoms with Crippen LogP contribution in [0.3, 0.4) is 0 Å². The average molecular weight is 346 g/mol. The van der Waals surface area contributed by atoms with Gasteiger partial charge in [-0.05, 0) is 31.2 Å². The Morgan fingerprint density at radius 1 is 1.08 bits per heavy atom. The van der Waals surface area contributed by atoms with Crippen molar-refractivity contribution in [1.29, 1.82) is 5.26 Å². The summed E-state index contributed by atoms with van der Waals surface area (Å²) in [5.41, 5.74) is 2.27. The number of aromatic nitrogens is 1. The number of hydrogen-bond donors (Lipinski definition) is 1. The van der Waals surface area contributed by atoms with Crippen LogP contribution >= 0.6 is 0 Å². The van der Waals surface area contributed by atoms with Crippen molar-refractivity contribution in [3.8, 4) is 40.0 Å². The average Bonchev–Trinajstić information content (AvgIpc) is 2.68. The number of hydrogen-bond acceptors (Lipinski definition) is 4. The quantitative estimate of drug-likeness (QED) is 0.758. The van der Waals surface area contributed by atoms with Crippen molar-refractivity contribution in [2.45, 2.75) is 6.92 Å². The van der Waals surface area contributed by atoms with E-state index in [4.69, 9.17) is 9.47 Å². The number of H-pyrrole nitrogens is 1. The van der Waals surface area contributed by atoms with Gasteiger partial charge in [-0.2, -0.15) is 5.26 Å². The summed E-state index contributed by atoms with van der Waals surface area (Å²) in [4.78, 5) is 15.3. The van der Waals surface area contributed by atoms with Gasteiger partial charge in [0.1, 0.15) is 23.1 Å². The van der Waals surface area contributed by atoms with E-state index in [2.05, 4.69) is 4.98 Å². The molecular weight excluding hydrogens is 328 g/mol. The van der Waals surface area contributed by atoms with Crippen LogP contribution in [-0.2, 0) is 0 Å². The Bertz CT molecular complexity index is 1030. The molecule has 2 aromatic carbocycles. The minimum absolute atomic E-state index is 0.0591. The number of rotatable bonds is 5. The van der Waals surface area contributed by atoms with Gasteiger partial charge in [-0.3, -0.25) is 4.79 Å². The Labute approximate surface area is 151 Å². The number of nitrogens with one attached hydrogen (secondary N) is 1. The second-order valence-electron chi connectivity index (χ2n) is 5.57. The molecule has 3 aromatic rings. The minimum atomic E-state index is -0.436. The topological polar surface area (TPSA) is 75.1 Å². The SMILES string of the molecule is CCOc1ccccc1-c1cc(-c2cccc(OC)c2)[nH]c(=O)c1C#N. The lowest BCUT2D eigenvalue weighted by Gasteiger charge is -2.13. The van der Waals surface area contributed by atoms with Crippen LogP contribution in [0.25, 0.3) is 22.4 Å². The molecule has 0 radical (unpaired) electrons. The van der Waals surface area contributed by atoms with E-state index in [0.717, 1.165) is 5.56 Å². The standard InChI is InChI=1S/C21H18N2O3/c1-3-26-20-10-5-4-9-16(20)17-12-19(23-21(24)18(17)13-22)14-7-6-8-15(11-14)25-2/h4-12H,3H2,1-2H3,(H,23,24). The summed E-state index contributed by atoms with van der Waals surface area (Å²) in [6, 6.07) is 18.6. The van der Waals surface area contributed by atoms with E-state index in [1.165, 1.54) is 0 Å². The predicted octanol–water partition coefficient (Wildman–Crippen LogP) is 3.99. The number of ether oxygens (including phenoxy) is 2. The molecule has 0 atom stereocenters. The Morgan fingerprint density at radius 2 is 1.88 bits per heavy atom. The molecule has 1 aromatic heterocycles. The minimum Gasteiger partial charge on any atom is -0.497 e. The number of benzene rings is 2. The molecule has 0 aliphatic heterocycles. The van der Waals surface area contributed by atoms with Gasteiger partial charge in [0, 0.05) is 22.4 Å². The maximum atomic E-state index is 12.5. The number of nitriles is 1. The molecule has 0 aliphatic carbocycles. The summed E-state index contributed by atoms with van der Waals surface area (Å²) in [5, 5.41) is 9.49. The van der Waals surface area contributed by atoms with Crippen LogP contribution in [-0.4, -0.2) is 18.7 Å². The lowest BCUT2D eigenvalue weighted by Crippen LogP contribution is -2.13. The highest BCUT2D eigenvalue weighted by atomic mass is 16.5. The molecule has 3 rings (SSSR count). The highest BCUT2D eigenvalue weighted by Crippen LogP contribution is 2.33. The van der Waals surface area contributed by atoms with Crippen LogP contribution in [0.5, 0.6) is 11.5 Å². The van der Waals surface area contributed by atoms with Gasteiger partial charge in [0.05, 0.1) is 13.7 Å². The molecule has 5 nitrogen and oxygen atoms in total. The summed E-state index contributed by atoms with van der Waals surface area (Å²) in [6.07, 6.45) is 0. The zero-order chi connectivity index (χ0) is 18.5. The third-order valence-corrected chi connectivity index (χ3v) is 4.00. The van der Waals surface area contributed by atoms with E-state index in [1.54, 1.807) is 13.2 Å². The smallest absolute Gasteiger partial charge is 0.266 e. The summed E-state index contributed by atoms with van der Waals surface area (Å²) in [6.45, 7) is 2.38. The monoisotopic (exact) mass is 346 g/mol. The molecule has 1 heterocycles. The van der Waals surface area contributed by atoms with Gasteiger partial charge in [0.25, 0.3) is 5.56 Å². The highest BCUT2D eigenvalue weighted by Gasteiger charge is 2.16. The van der Waals surface area contributed by atoms with Gasteiger partial charge in [-0.15, -0.1) is 0 Å². The summed E-state index contributed by atoms with van der Waals surface area (Å²) in [5.74, 6) is 1.32. The van der Waals surface area contributed by atoms with Crippen LogP contribution in [0, 0.1) is 11.3 Å². The van der Waals surface area contributed by atoms with Crippen LogP contribution in [0.4, 0.5) is 0 Å². The van der Waals surface area contributed by atoms with Crippen molar-refractivity contribution in [1.82, 2.24) is 4.98 Å². The lowest BCUT2D eigenvalue weighted by atomic mass is 9.98. The first-order valence-electron chi connectivity index (χ1n) is 8.22. The molecule has 0 saturated heterocycles. The van der Waals surface area contributed by atoms with Gasteiger partial charge < -0.3 is 14.5 Å². The molecule has 0 bridgehead atoms. The molecule has 130 valence electrons. The van der Waals surface area contributed by atoms with E-state index in [-0.39, 0.29) is 5.56 Å². The molecule has 0 aliphatic rings. The summed E-state index contributed by atoms with van der Waals surface area (Å²) < 4.78 is 10.9. The van der Waals surface area contributed by atoms with Gasteiger partial charge in [0.15, 0.2) is 0 Å². The maximum absolute atomic E-state index is 12.5. The fourth-order valence-electron chi connectivity index (χ4n) is 2.80. The molecule has 5 heteroatoms. The van der Waals surface area contributed by atoms with Crippen molar-refractivity contribution in [2.75, 3.05) is 13.7 Å². The largest absolute Gasteiger partial charge is 0.497 e. The summed E-state index contributed by atoms with van der Waals surface area (Å²) in [7, 11) is 1.59. The van der Waals surface area contributed by atoms with Crippen LogP contribution in [0.1, 0.15) is 12.5 Å². The Kier molecular flexibility index (Phi) is 5.04. The van der Waals surface area contributed by atoms with Crippen molar-refractivity contribution in [2.24, 2.45) is 0 Å². The molecule has 26 heavy (non-hydrogen) atoms. The number of pyridine rings is 1. The van der Waals surface area contributed by atoms with E-state index >= 15 is 0 Å². The van der Waals surface area contributed by atoms with Crippen molar-refractivity contribution < 1.29 is 9.47 Å². The predicted molar refractivity (Wildman–Crippen MR) is 100 cm³/mol. The third kappa shape index (κ3) is 3.31. The van der Waals surface area contributed by atoms with Crippen molar-refractivity contribution >= 4 is 0 Å². The number of para-hydroxylation sites is 1. The second kappa shape index (κ2) is 7.58. The first kappa shape index (κ1) is 17.3. The number of methoxy groups -OCH3 is 1. The van der Waals surface area contributed by atoms with E-state index < -0.39 is 5.56 Å². The second-order valence-corrected chi connectivity index (χ2v) is 5.57. The third-order valence-electron chi connectivity index (χ3n) is 4.00. The van der Waals surface area contributed by atoms with Crippen LogP contribution in [0.15, 0.2) is 59.4 Å². The molecule has 0 unspecified atom stereocenters. The molecule has 0 amide bonds. The zero-order valence-corrected chi connectivity index (χ0v) is 14.6. The van der Waals surface area contributed by atoms with E-state index in [1.807, 2.05) is 61.5 Å². The Hall–Kier alpha value is -3.52. The van der Waals surface area contributed by atoms with Gasteiger partial charge in [-0.25, -0.2) is 0 Å². The van der Waals surface area contributed by atoms with Gasteiger partial charge >= 0.3 is 0 Å². The zero-order valence-electron chi connectivity index (χ0n) is 14.6. The fraction of sp³-hybridized carbons (Fsp3) is 0.143. The molecule has 0 fully saturated rings. The van der Waals surface area contributed by atoms with Crippen LogP contribution < -0.4 is 15.0 Å². The molecule has 1 N–H and O–H groups in total. The molecule has 0 saturated carbocycles. The van der Waals surface area contributed by atoms with Crippen molar-refractivity contribution in [3.63, 3.8) is 0 Å². The van der Waals surface area contributed by atoms with E-state index in [0.29, 0.717) is 34.9 Å². The Morgan fingerprint density at radius 3 is 2.62 bits per heavy atom.